The molecular formula is C17H23N3O2. The van der Waals surface area contributed by atoms with Crippen LogP contribution in [0, 0.1) is 11.8 Å². The van der Waals surface area contributed by atoms with Crippen LogP contribution >= 0.6 is 0 Å². The van der Waals surface area contributed by atoms with Crippen molar-refractivity contribution < 1.29 is 9.59 Å². The second-order valence-electron chi connectivity index (χ2n) is 6.34. The highest BCUT2D eigenvalue weighted by Gasteiger charge is 2.35. The number of hydrogen-bond acceptors (Lipinski definition) is 2. The largest absolute Gasteiger partial charge is 0.369 e. The van der Waals surface area contributed by atoms with Crippen LogP contribution in [0.1, 0.15) is 37.3 Å². The number of amides is 3. The Kier molecular flexibility index (Phi) is 4.32. The number of primary amides is 1. The Morgan fingerprint density at radius 3 is 2.27 bits per heavy atom. The van der Waals surface area contributed by atoms with Crippen molar-refractivity contribution in [2.75, 3.05) is 13.1 Å². The van der Waals surface area contributed by atoms with Crippen LogP contribution in [0.2, 0.25) is 0 Å². The number of benzene rings is 1. The van der Waals surface area contributed by atoms with E-state index in [-0.39, 0.29) is 23.9 Å². The molecule has 0 radical (unpaired) electrons. The molecule has 0 bridgehead atoms. The molecule has 1 aliphatic heterocycles. The predicted molar refractivity (Wildman–Crippen MR) is 83.9 cm³/mol. The van der Waals surface area contributed by atoms with Crippen molar-refractivity contribution in [1.82, 2.24) is 10.2 Å². The zero-order valence-electron chi connectivity index (χ0n) is 12.7. The lowest BCUT2D eigenvalue weighted by Crippen LogP contribution is -2.47. The summed E-state index contributed by atoms with van der Waals surface area (Å²) in [7, 11) is 0. The fraction of sp³-hybridized carbons (Fsp3) is 0.529. The summed E-state index contributed by atoms with van der Waals surface area (Å²) < 4.78 is 0. The molecule has 1 saturated heterocycles. The van der Waals surface area contributed by atoms with Gasteiger partial charge in [0, 0.05) is 19.0 Å². The molecule has 1 aliphatic carbocycles. The zero-order valence-corrected chi connectivity index (χ0v) is 12.7. The van der Waals surface area contributed by atoms with Crippen LogP contribution < -0.4 is 11.1 Å². The van der Waals surface area contributed by atoms with Gasteiger partial charge in [0.1, 0.15) is 0 Å². The second kappa shape index (κ2) is 6.38. The highest BCUT2D eigenvalue weighted by atomic mass is 16.2. The number of urea groups is 1. The first-order valence-electron chi connectivity index (χ1n) is 8.05. The highest BCUT2D eigenvalue weighted by Crippen LogP contribution is 2.41. The van der Waals surface area contributed by atoms with Gasteiger partial charge in [-0.1, -0.05) is 30.3 Å². The maximum absolute atomic E-state index is 12.5. The van der Waals surface area contributed by atoms with Gasteiger partial charge in [0.2, 0.25) is 5.91 Å². The molecule has 5 nitrogen and oxygen atoms in total. The third-order valence-corrected chi connectivity index (χ3v) is 4.72. The fourth-order valence-corrected chi connectivity index (χ4v) is 3.15. The fourth-order valence-electron chi connectivity index (χ4n) is 3.15. The third kappa shape index (κ3) is 3.40. The van der Waals surface area contributed by atoms with E-state index in [4.69, 9.17) is 5.73 Å². The Hall–Kier alpha value is -2.04. The summed E-state index contributed by atoms with van der Waals surface area (Å²) in [4.78, 5) is 25.5. The minimum Gasteiger partial charge on any atom is -0.369 e. The summed E-state index contributed by atoms with van der Waals surface area (Å²) >= 11 is 0. The second-order valence-corrected chi connectivity index (χ2v) is 6.34. The van der Waals surface area contributed by atoms with Crippen molar-refractivity contribution in [1.29, 1.82) is 0 Å². The minimum absolute atomic E-state index is 0.0244. The molecule has 3 amide bonds. The third-order valence-electron chi connectivity index (χ3n) is 4.72. The smallest absolute Gasteiger partial charge is 0.317 e. The Labute approximate surface area is 130 Å². The minimum atomic E-state index is -0.250. The number of carbonyl (C=O) groups is 2. The molecule has 1 atom stereocenters. The highest BCUT2D eigenvalue weighted by molar-refractivity contribution is 5.78. The van der Waals surface area contributed by atoms with E-state index in [2.05, 4.69) is 17.4 Å². The lowest BCUT2D eigenvalue weighted by molar-refractivity contribution is -0.123. The number of nitrogens with zero attached hydrogens (tertiary/aromatic N) is 1. The molecule has 22 heavy (non-hydrogen) atoms. The predicted octanol–water partition coefficient (Wildman–Crippen LogP) is 2.04. The van der Waals surface area contributed by atoms with Crippen LogP contribution in [0.15, 0.2) is 30.3 Å². The lowest BCUT2D eigenvalue weighted by Gasteiger charge is -2.32. The van der Waals surface area contributed by atoms with Crippen LogP contribution in [0.4, 0.5) is 4.79 Å². The number of likely N-dealkylation sites (tertiary alicyclic amines) is 1. The van der Waals surface area contributed by atoms with Crippen molar-refractivity contribution in [3.8, 4) is 0 Å². The van der Waals surface area contributed by atoms with Gasteiger partial charge in [-0.2, -0.15) is 0 Å². The zero-order chi connectivity index (χ0) is 15.5. The molecule has 1 aromatic carbocycles. The Morgan fingerprint density at radius 2 is 1.73 bits per heavy atom. The molecule has 0 aromatic heterocycles. The van der Waals surface area contributed by atoms with E-state index in [1.54, 1.807) is 4.90 Å². The molecule has 1 heterocycles. The van der Waals surface area contributed by atoms with Gasteiger partial charge in [-0.15, -0.1) is 0 Å². The summed E-state index contributed by atoms with van der Waals surface area (Å²) in [6.07, 6.45) is 3.68. The summed E-state index contributed by atoms with van der Waals surface area (Å²) in [5, 5.41) is 3.18. The number of rotatable bonds is 4. The molecule has 1 aromatic rings. The van der Waals surface area contributed by atoms with Gasteiger partial charge >= 0.3 is 6.03 Å². The van der Waals surface area contributed by atoms with E-state index in [1.165, 1.54) is 18.4 Å². The van der Waals surface area contributed by atoms with Crippen LogP contribution in [0.25, 0.3) is 0 Å². The van der Waals surface area contributed by atoms with Crippen LogP contribution in [0.3, 0.4) is 0 Å². The Morgan fingerprint density at radius 1 is 1.09 bits per heavy atom. The molecule has 118 valence electrons. The molecule has 0 unspecified atom stereocenters. The monoisotopic (exact) mass is 301 g/mol. The van der Waals surface area contributed by atoms with Gasteiger partial charge in [-0.25, -0.2) is 4.79 Å². The average Bonchev–Trinajstić information content (AvgIpc) is 3.38. The molecule has 1 saturated carbocycles. The summed E-state index contributed by atoms with van der Waals surface area (Å²) in [6.45, 7) is 1.21. The average molecular weight is 301 g/mol. The first kappa shape index (κ1) is 14.9. The quantitative estimate of drug-likeness (QED) is 0.893. The standard InChI is InChI=1S/C17H23N3O2/c18-16(21)14-8-10-20(11-9-14)17(22)19-15(13-6-7-13)12-4-2-1-3-5-12/h1-5,13-15H,6-11H2,(H2,18,21)(H,19,22)/t15-/m0/s1. The van der Waals surface area contributed by atoms with Crippen LogP contribution in [-0.2, 0) is 4.79 Å². The van der Waals surface area contributed by atoms with Gasteiger partial charge in [0.25, 0.3) is 0 Å². The van der Waals surface area contributed by atoms with Gasteiger partial charge in [-0.3, -0.25) is 4.79 Å². The normalized spacial score (nSPS) is 20.5. The number of carbonyl (C=O) groups excluding carboxylic acids is 2. The van der Waals surface area contributed by atoms with Gasteiger partial charge in [0.05, 0.1) is 6.04 Å². The van der Waals surface area contributed by atoms with Gasteiger partial charge in [-0.05, 0) is 37.2 Å². The van der Waals surface area contributed by atoms with E-state index in [1.807, 2.05) is 18.2 Å². The number of piperidine rings is 1. The van der Waals surface area contributed by atoms with Crippen molar-refractivity contribution in [2.24, 2.45) is 17.6 Å². The first-order chi connectivity index (χ1) is 10.6. The van der Waals surface area contributed by atoms with E-state index >= 15 is 0 Å². The molecule has 5 heteroatoms. The summed E-state index contributed by atoms with van der Waals surface area (Å²) in [5.41, 5.74) is 6.51. The topological polar surface area (TPSA) is 75.4 Å². The molecule has 2 aliphatic rings. The molecule has 3 N–H and O–H groups in total. The number of nitrogens with two attached hydrogens (primary N) is 1. The van der Waals surface area contributed by atoms with Crippen molar-refractivity contribution in [3.05, 3.63) is 35.9 Å². The van der Waals surface area contributed by atoms with E-state index in [9.17, 15) is 9.59 Å². The summed E-state index contributed by atoms with van der Waals surface area (Å²) in [6, 6.07) is 10.2. The first-order valence-corrected chi connectivity index (χ1v) is 8.05. The van der Waals surface area contributed by atoms with Crippen molar-refractivity contribution in [2.45, 2.75) is 31.7 Å². The van der Waals surface area contributed by atoms with Gasteiger partial charge < -0.3 is 16.0 Å². The molecule has 2 fully saturated rings. The number of nitrogens with one attached hydrogen (secondary N) is 1. The van der Waals surface area contributed by atoms with E-state index in [0.29, 0.717) is 31.8 Å². The van der Waals surface area contributed by atoms with Crippen LogP contribution in [0.5, 0.6) is 0 Å². The SMILES string of the molecule is NC(=O)C1CCN(C(=O)N[C@@H](c2ccccc2)C2CC2)CC1. The van der Waals surface area contributed by atoms with E-state index in [0.717, 1.165) is 0 Å². The van der Waals surface area contributed by atoms with E-state index < -0.39 is 0 Å². The van der Waals surface area contributed by atoms with Crippen LogP contribution in [-0.4, -0.2) is 29.9 Å². The molecule has 3 rings (SSSR count). The summed E-state index contributed by atoms with van der Waals surface area (Å²) in [5.74, 6) is 0.215. The Bertz CT molecular complexity index is 534. The van der Waals surface area contributed by atoms with Crippen molar-refractivity contribution in [3.63, 3.8) is 0 Å². The van der Waals surface area contributed by atoms with Gasteiger partial charge in [0.15, 0.2) is 0 Å². The van der Waals surface area contributed by atoms with Crippen molar-refractivity contribution >= 4 is 11.9 Å². The molecular weight excluding hydrogens is 278 g/mol. The Balaban J connectivity index is 1.59. The lowest BCUT2D eigenvalue weighted by atomic mass is 9.96. The number of hydrogen-bond donors (Lipinski definition) is 2. The molecule has 0 spiro atoms. The maximum Gasteiger partial charge on any atom is 0.317 e. The maximum atomic E-state index is 12.5.